The summed E-state index contributed by atoms with van der Waals surface area (Å²) < 4.78 is 1.05. The maximum atomic E-state index is 4.27. The van der Waals surface area contributed by atoms with Crippen LogP contribution < -0.4 is 0 Å². The SMILES string of the molecule is CCCCc1ccc(Br)cn1. The number of hydrogen-bond donors (Lipinski definition) is 0. The predicted molar refractivity (Wildman–Crippen MR) is 50.5 cm³/mol. The van der Waals surface area contributed by atoms with E-state index in [0.717, 1.165) is 10.9 Å². The molecule has 0 aromatic carbocycles. The average Bonchev–Trinajstić information content (AvgIpc) is 2.04. The summed E-state index contributed by atoms with van der Waals surface area (Å²) in [6.07, 6.45) is 5.42. The molecule has 1 rings (SSSR count). The van der Waals surface area contributed by atoms with Gasteiger partial charge in [0.05, 0.1) is 0 Å². The van der Waals surface area contributed by atoms with Gasteiger partial charge in [-0.3, -0.25) is 4.98 Å². The number of pyridine rings is 1. The fourth-order valence-corrected chi connectivity index (χ4v) is 1.15. The fraction of sp³-hybridized carbons (Fsp3) is 0.444. The van der Waals surface area contributed by atoms with E-state index in [1.165, 1.54) is 18.5 Å². The second-order valence-electron chi connectivity index (χ2n) is 2.57. The summed E-state index contributed by atoms with van der Waals surface area (Å²) in [5.41, 5.74) is 1.19. The second-order valence-corrected chi connectivity index (χ2v) is 3.49. The molecule has 0 radical (unpaired) electrons. The largest absolute Gasteiger partial charge is 0.260 e. The van der Waals surface area contributed by atoms with Crippen LogP contribution in [0.1, 0.15) is 25.5 Å². The lowest BCUT2D eigenvalue weighted by Crippen LogP contribution is -1.87. The Bertz CT molecular complexity index is 205. The van der Waals surface area contributed by atoms with Gasteiger partial charge in [0, 0.05) is 16.4 Å². The van der Waals surface area contributed by atoms with Gasteiger partial charge in [-0.1, -0.05) is 13.3 Å². The molecule has 0 fully saturated rings. The zero-order chi connectivity index (χ0) is 8.10. The Balaban J connectivity index is 2.52. The van der Waals surface area contributed by atoms with Gasteiger partial charge in [-0.2, -0.15) is 0 Å². The number of nitrogens with zero attached hydrogens (tertiary/aromatic N) is 1. The quantitative estimate of drug-likeness (QED) is 0.752. The van der Waals surface area contributed by atoms with Gasteiger partial charge in [-0.15, -0.1) is 0 Å². The zero-order valence-corrected chi connectivity index (χ0v) is 8.26. The van der Waals surface area contributed by atoms with Crippen molar-refractivity contribution >= 4 is 15.9 Å². The highest BCUT2D eigenvalue weighted by Crippen LogP contribution is 2.08. The van der Waals surface area contributed by atoms with Crippen molar-refractivity contribution in [3.8, 4) is 0 Å². The summed E-state index contributed by atoms with van der Waals surface area (Å²) in [4.78, 5) is 4.27. The second kappa shape index (κ2) is 4.50. The molecule has 1 aromatic heterocycles. The maximum Gasteiger partial charge on any atom is 0.0413 e. The highest BCUT2D eigenvalue weighted by Gasteiger charge is 1.92. The Morgan fingerprint density at radius 3 is 2.82 bits per heavy atom. The normalized spacial score (nSPS) is 10.0. The molecule has 0 bridgehead atoms. The van der Waals surface area contributed by atoms with E-state index in [1.54, 1.807) is 0 Å². The molecule has 0 unspecified atom stereocenters. The summed E-state index contributed by atoms with van der Waals surface area (Å²) in [6, 6.07) is 4.11. The van der Waals surface area contributed by atoms with E-state index in [9.17, 15) is 0 Å². The molecule has 1 aromatic rings. The van der Waals surface area contributed by atoms with E-state index in [1.807, 2.05) is 12.3 Å². The van der Waals surface area contributed by atoms with Gasteiger partial charge >= 0.3 is 0 Å². The Kier molecular flexibility index (Phi) is 3.57. The number of unbranched alkanes of at least 4 members (excludes halogenated alkanes) is 1. The van der Waals surface area contributed by atoms with E-state index in [2.05, 4.69) is 33.9 Å². The van der Waals surface area contributed by atoms with Gasteiger partial charge < -0.3 is 0 Å². The molecule has 0 aliphatic heterocycles. The Morgan fingerprint density at radius 2 is 2.27 bits per heavy atom. The minimum Gasteiger partial charge on any atom is -0.260 e. The Morgan fingerprint density at radius 1 is 1.45 bits per heavy atom. The monoisotopic (exact) mass is 213 g/mol. The van der Waals surface area contributed by atoms with Crippen LogP contribution in [-0.2, 0) is 6.42 Å². The molecular weight excluding hydrogens is 202 g/mol. The van der Waals surface area contributed by atoms with Crippen LogP contribution in [0.4, 0.5) is 0 Å². The van der Waals surface area contributed by atoms with E-state index < -0.39 is 0 Å². The van der Waals surface area contributed by atoms with Gasteiger partial charge in [0.25, 0.3) is 0 Å². The van der Waals surface area contributed by atoms with Crippen LogP contribution >= 0.6 is 15.9 Å². The third-order valence-corrected chi connectivity index (χ3v) is 2.04. The maximum absolute atomic E-state index is 4.27. The molecule has 0 saturated carbocycles. The van der Waals surface area contributed by atoms with Crippen LogP contribution in [0.3, 0.4) is 0 Å². The molecule has 2 heteroatoms. The summed E-state index contributed by atoms with van der Waals surface area (Å²) >= 11 is 3.35. The van der Waals surface area contributed by atoms with E-state index in [4.69, 9.17) is 0 Å². The molecular formula is C9H12BrN. The molecule has 0 atom stereocenters. The van der Waals surface area contributed by atoms with E-state index >= 15 is 0 Å². The van der Waals surface area contributed by atoms with Crippen LogP contribution in [0.15, 0.2) is 22.8 Å². The first-order valence-electron chi connectivity index (χ1n) is 3.93. The van der Waals surface area contributed by atoms with Gasteiger partial charge in [0.2, 0.25) is 0 Å². The standard InChI is InChI=1S/C9H12BrN/c1-2-3-4-9-6-5-8(10)7-11-9/h5-7H,2-4H2,1H3. The number of aryl methyl sites for hydroxylation is 1. The number of rotatable bonds is 3. The molecule has 0 aliphatic carbocycles. The topological polar surface area (TPSA) is 12.9 Å². The minimum atomic E-state index is 1.05. The lowest BCUT2D eigenvalue weighted by Gasteiger charge is -1.97. The van der Waals surface area contributed by atoms with Crippen molar-refractivity contribution < 1.29 is 0 Å². The van der Waals surface area contributed by atoms with Crippen molar-refractivity contribution in [2.45, 2.75) is 26.2 Å². The molecule has 60 valence electrons. The predicted octanol–water partition coefficient (Wildman–Crippen LogP) is 3.19. The van der Waals surface area contributed by atoms with Crippen molar-refractivity contribution in [1.29, 1.82) is 0 Å². The molecule has 1 heterocycles. The van der Waals surface area contributed by atoms with Crippen LogP contribution in [0.2, 0.25) is 0 Å². The Labute approximate surface area is 76.0 Å². The van der Waals surface area contributed by atoms with E-state index in [-0.39, 0.29) is 0 Å². The summed E-state index contributed by atoms with van der Waals surface area (Å²) in [5.74, 6) is 0. The van der Waals surface area contributed by atoms with E-state index in [0.29, 0.717) is 0 Å². The van der Waals surface area contributed by atoms with Crippen LogP contribution in [-0.4, -0.2) is 4.98 Å². The first-order chi connectivity index (χ1) is 5.33. The number of hydrogen-bond acceptors (Lipinski definition) is 1. The molecule has 11 heavy (non-hydrogen) atoms. The molecule has 0 amide bonds. The third kappa shape index (κ3) is 3.02. The lowest BCUT2D eigenvalue weighted by molar-refractivity contribution is 0.776. The van der Waals surface area contributed by atoms with Crippen LogP contribution in [0, 0.1) is 0 Å². The molecule has 0 N–H and O–H groups in total. The van der Waals surface area contributed by atoms with Crippen LogP contribution in [0.5, 0.6) is 0 Å². The summed E-state index contributed by atoms with van der Waals surface area (Å²) in [7, 11) is 0. The van der Waals surface area contributed by atoms with Crippen molar-refractivity contribution in [3.63, 3.8) is 0 Å². The van der Waals surface area contributed by atoms with Gasteiger partial charge in [0.15, 0.2) is 0 Å². The number of halogens is 1. The van der Waals surface area contributed by atoms with Crippen molar-refractivity contribution in [1.82, 2.24) is 4.98 Å². The highest BCUT2D eigenvalue weighted by atomic mass is 79.9. The molecule has 0 spiro atoms. The third-order valence-electron chi connectivity index (χ3n) is 1.58. The van der Waals surface area contributed by atoms with Gasteiger partial charge in [-0.25, -0.2) is 0 Å². The fourth-order valence-electron chi connectivity index (χ4n) is 0.912. The first kappa shape index (κ1) is 8.72. The molecule has 0 aliphatic rings. The highest BCUT2D eigenvalue weighted by molar-refractivity contribution is 9.10. The number of aromatic nitrogens is 1. The van der Waals surface area contributed by atoms with Gasteiger partial charge in [-0.05, 0) is 40.9 Å². The minimum absolute atomic E-state index is 1.05. The summed E-state index contributed by atoms with van der Waals surface area (Å²) in [6.45, 7) is 2.19. The zero-order valence-electron chi connectivity index (χ0n) is 6.68. The van der Waals surface area contributed by atoms with Crippen LogP contribution in [0.25, 0.3) is 0 Å². The van der Waals surface area contributed by atoms with Crippen molar-refractivity contribution in [2.24, 2.45) is 0 Å². The van der Waals surface area contributed by atoms with Crippen molar-refractivity contribution in [2.75, 3.05) is 0 Å². The first-order valence-corrected chi connectivity index (χ1v) is 4.72. The van der Waals surface area contributed by atoms with Gasteiger partial charge in [0.1, 0.15) is 0 Å². The molecule has 1 nitrogen and oxygen atoms in total. The average molecular weight is 214 g/mol. The Hall–Kier alpha value is -0.370. The smallest absolute Gasteiger partial charge is 0.0413 e. The molecule has 0 saturated heterocycles. The van der Waals surface area contributed by atoms with Crippen molar-refractivity contribution in [3.05, 3.63) is 28.5 Å². The lowest BCUT2D eigenvalue weighted by atomic mass is 10.2. The summed E-state index contributed by atoms with van der Waals surface area (Å²) in [5, 5.41) is 0.